The Balaban J connectivity index is 2.19. The fourth-order valence-corrected chi connectivity index (χ4v) is 0.940. The molecule has 0 aromatic rings. The minimum atomic E-state index is -4.31. The molecule has 0 radical (unpaired) electrons. The Bertz CT molecular complexity index is 158. The SMILES string of the molecule is O=C(CC1CC1)CC(F)(F)F. The summed E-state index contributed by atoms with van der Waals surface area (Å²) in [6, 6.07) is 0. The van der Waals surface area contributed by atoms with Crippen molar-refractivity contribution in [2.45, 2.75) is 31.9 Å². The van der Waals surface area contributed by atoms with E-state index in [0.717, 1.165) is 12.8 Å². The van der Waals surface area contributed by atoms with Crippen molar-refractivity contribution in [2.24, 2.45) is 5.92 Å². The molecular formula is C7H9F3O. The number of Topliss-reactive ketones (excluding diaryl/α,β-unsaturated/α-hetero) is 1. The Morgan fingerprint density at radius 2 is 1.91 bits per heavy atom. The summed E-state index contributed by atoms with van der Waals surface area (Å²) in [5, 5.41) is 0. The van der Waals surface area contributed by atoms with Crippen LogP contribution in [-0.2, 0) is 4.79 Å². The molecule has 0 amide bonds. The van der Waals surface area contributed by atoms with E-state index in [1.54, 1.807) is 0 Å². The molecule has 0 bridgehead atoms. The Morgan fingerprint density at radius 1 is 1.36 bits per heavy atom. The van der Waals surface area contributed by atoms with Crippen molar-refractivity contribution < 1.29 is 18.0 Å². The Hall–Kier alpha value is -0.540. The van der Waals surface area contributed by atoms with Crippen LogP contribution < -0.4 is 0 Å². The van der Waals surface area contributed by atoms with Crippen LogP contribution in [0.3, 0.4) is 0 Å². The number of carbonyl (C=O) groups is 1. The third-order valence-corrected chi connectivity index (χ3v) is 1.61. The Kier molecular flexibility index (Phi) is 2.20. The van der Waals surface area contributed by atoms with Gasteiger partial charge in [0.15, 0.2) is 0 Å². The van der Waals surface area contributed by atoms with Crippen molar-refractivity contribution in [1.82, 2.24) is 0 Å². The maximum atomic E-state index is 11.6. The zero-order valence-electron chi connectivity index (χ0n) is 5.95. The average Bonchev–Trinajstić information content (AvgIpc) is 2.42. The summed E-state index contributed by atoms with van der Waals surface area (Å²) >= 11 is 0. The van der Waals surface area contributed by atoms with E-state index in [0.29, 0.717) is 0 Å². The van der Waals surface area contributed by atoms with Crippen molar-refractivity contribution in [3.05, 3.63) is 0 Å². The van der Waals surface area contributed by atoms with Crippen molar-refractivity contribution in [3.8, 4) is 0 Å². The zero-order valence-corrected chi connectivity index (χ0v) is 5.95. The summed E-state index contributed by atoms with van der Waals surface area (Å²) in [6.45, 7) is 0. The van der Waals surface area contributed by atoms with Crippen molar-refractivity contribution in [1.29, 1.82) is 0 Å². The molecule has 0 heterocycles. The lowest BCUT2D eigenvalue weighted by Gasteiger charge is -2.03. The van der Waals surface area contributed by atoms with Crippen molar-refractivity contribution >= 4 is 5.78 Å². The second-order valence-corrected chi connectivity index (χ2v) is 2.98. The molecule has 1 nitrogen and oxygen atoms in total. The number of carbonyl (C=O) groups excluding carboxylic acids is 1. The molecule has 1 fully saturated rings. The van der Waals surface area contributed by atoms with E-state index in [2.05, 4.69) is 0 Å². The fourth-order valence-electron chi connectivity index (χ4n) is 0.940. The minimum Gasteiger partial charge on any atom is -0.299 e. The molecule has 1 rings (SSSR count). The molecule has 1 aliphatic carbocycles. The van der Waals surface area contributed by atoms with Crippen LogP contribution in [0.1, 0.15) is 25.7 Å². The second-order valence-electron chi connectivity index (χ2n) is 2.98. The summed E-state index contributed by atoms with van der Waals surface area (Å²) in [5.74, 6) is -0.412. The number of halogens is 3. The predicted octanol–water partition coefficient (Wildman–Crippen LogP) is 2.31. The highest BCUT2D eigenvalue weighted by molar-refractivity contribution is 5.79. The van der Waals surface area contributed by atoms with Crippen LogP contribution >= 0.6 is 0 Å². The monoisotopic (exact) mass is 166 g/mol. The van der Waals surface area contributed by atoms with Gasteiger partial charge in [-0.15, -0.1) is 0 Å². The maximum absolute atomic E-state index is 11.6. The van der Waals surface area contributed by atoms with Crippen LogP contribution in [-0.4, -0.2) is 12.0 Å². The lowest BCUT2D eigenvalue weighted by atomic mass is 10.1. The molecule has 0 atom stereocenters. The van der Waals surface area contributed by atoms with E-state index >= 15 is 0 Å². The first-order valence-corrected chi connectivity index (χ1v) is 3.56. The quantitative estimate of drug-likeness (QED) is 0.628. The van der Waals surface area contributed by atoms with E-state index in [1.165, 1.54) is 0 Å². The smallest absolute Gasteiger partial charge is 0.299 e. The third kappa shape index (κ3) is 4.01. The van der Waals surface area contributed by atoms with E-state index in [9.17, 15) is 18.0 Å². The number of rotatable bonds is 3. The van der Waals surface area contributed by atoms with Crippen molar-refractivity contribution in [2.75, 3.05) is 0 Å². The molecule has 11 heavy (non-hydrogen) atoms. The first kappa shape index (κ1) is 8.56. The van der Waals surface area contributed by atoms with Gasteiger partial charge in [-0.2, -0.15) is 13.2 Å². The van der Waals surface area contributed by atoms with Gasteiger partial charge in [-0.25, -0.2) is 0 Å². The van der Waals surface area contributed by atoms with E-state index in [-0.39, 0.29) is 12.3 Å². The molecule has 4 heteroatoms. The van der Waals surface area contributed by atoms with Gasteiger partial charge >= 0.3 is 6.18 Å². The summed E-state index contributed by atoms with van der Waals surface area (Å²) < 4.78 is 34.7. The summed E-state index contributed by atoms with van der Waals surface area (Å²) in [7, 11) is 0. The lowest BCUT2D eigenvalue weighted by Crippen LogP contribution is -2.14. The molecule has 0 aromatic carbocycles. The van der Waals surface area contributed by atoms with Crippen LogP contribution in [0, 0.1) is 5.92 Å². The van der Waals surface area contributed by atoms with E-state index < -0.39 is 18.4 Å². The van der Waals surface area contributed by atoms with Gasteiger partial charge in [0, 0.05) is 6.42 Å². The second kappa shape index (κ2) is 2.83. The molecule has 0 saturated heterocycles. The molecule has 0 aliphatic heterocycles. The lowest BCUT2D eigenvalue weighted by molar-refractivity contribution is -0.152. The molecule has 1 saturated carbocycles. The largest absolute Gasteiger partial charge is 0.395 e. The topological polar surface area (TPSA) is 17.1 Å². The van der Waals surface area contributed by atoms with Gasteiger partial charge in [0.25, 0.3) is 0 Å². The fraction of sp³-hybridized carbons (Fsp3) is 0.857. The molecule has 1 aliphatic rings. The Labute approximate surface area is 62.6 Å². The number of hydrogen-bond acceptors (Lipinski definition) is 1. The molecule has 0 aromatic heterocycles. The Morgan fingerprint density at radius 3 is 2.27 bits per heavy atom. The summed E-state index contributed by atoms with van der Waals surface area (Å²) in [4.78, 5) is 10.6. The highest BCUT2D eigenvalue weighted by Gasteiger charge is 2.33. The van der Waals surface area contributed by atoms with Gasteiger partial charge in [0.2, 0.25) is 0 Å². The molecular weight excluding hydrogens is 157 g/mol. The minimum absolute atomic E-state index is 0.125. The molecule has 0 N–H and O–H groups in total. The van der Waals surface area contributed by atoms with Crippen LogP contribution in [0.15, 0.2) is 0 Å². The first-order valence-electron chi connectivity index (χ1n) is 3.56. The van der Waals surface area contributed by atoms with Gasteiger partial charge in [-0.1, -0.05) is 0 Å². The van der Waals surface area contributed by atoms with Crippen LogP contribution in [0.5, 0.6) is 0 Å². The van der Waals surface area contributed by atoms with E-state index in [1.807, 2.05) is 0 Å². The van der Waals surface area contributed by atoms with Gasteiger partial charge < -0.3 is 0 Å². The molecule has 0 unspecified atom stereocenters. The van der Waals surface area contributed by atoms with Crippen LogP contribution in [0.2, 0.25) is 0 Å². The third-order valence-electron chi connectivity index (χ3n) is 1.61. The predicted molar refractivity (Wildman–Crippen MR) is 33.0 cm³/mol. The summed E-state index contributed by atoms with van der Waals surface area (Å²) in [6.07, 6.45) is -3.60. The van der Waals surface area contributed by atoms with Crippen LogP contribution in [0.4, 0.5) is 13.2 Å². The number of ketones is 1. The highest BCUT2D eigenvalue weighted by Crippen LogP contribution is 2.34. The maximum Gasteiger partial charge on any atom is 0.395 e. The normalized spacial score (nSPS) is 18.5. The summed E-state index contributed by atoms with van der Waals surface area (Å²) in [5.41, 5.74) is 0. The number of hydrogen-bond donors (Lipinski definition) is 0. The highest BCUT2D eigenvalue weighted by atomic mass is 19.4. The van der Waals surface area contributed by atoms with Crippen LogP contribution in [0.25, 0.3) is 0 Å². The number of alkyl halides is 3. The van der Waals surface area contributed by atoms with E-state index in [4.69, 9.17) is 0 Å². The van der Waals surface area contributed by atoms with Gasteiger partial charge in [0.05, 0.1) is 0 Å². The molecule has 64 valence electrons. The van der Waals surface area contributed by atoms with Gasteiger partial charge in [-0.3, -0.25) is 4.79 Å². The zero-order chi connectivity index (χ0) is 8.48. The van der Waals surface area contributed by atoms with Gasteiger partial charge in [-0.05, 0) is 18.8 Å². The van der Waals surface area contributed by atoms with Crippen molar-refractivity contribution in [3.63, 3.8) is 0 Å². The molecule has 0 spiro atoms. The average molecular weight is 166 g/mol. The standard InChI is InChI=1S/C7H9F3O/c8-7(9,10)4-6(11)3-5-1-2-5/h5H,1-4H2. The van der Waals surface area contributed by atoms with Gasteiger partial charge in [0.1, 0.15) is 12.2 Å². The first-order chi connectivity index (χ1) is 4.97.